The van der Waals surface area contributed by atoms with Gasteiger partial charge in [0.05, 0.1) is 16.3 Å². The maximum atomic E-state index is 13.7. The number of likely N-dealkylation sites (tertiary alicyclic amines) is 1. The molecule has 0 aliphatic carbocycles. The maximum absolute atomic E-state index is 13.7. The van der Waals surface area contributed by atoms with Crippen LogP contribution >= 0.6 is 23.1 Å². The number of thiophene rings is 1. The number of thioether (sulfide) groups is 1. The van der Waals surface area contributed by atoms with Crippen molar-refractivity contribution >= 4 is 39.2 Å². The normalized spacial score (nSPS) is 15.5. The van der Waals surface area contributed by atoms with Gasteiger partial charge in [-0.25, -0.2) is 4.98 Å². The van der Waals surface area contributed by atoms with Crippen LogP contribution in [-0.2, 0) is 4.79 Å². The number of hydrogen-bond acceptors (Lipinski definition) is 5. The Bertz CT molecular complexity index is 1210. The summed E-state index contributed by atoms with van der Waals surface area (Å²) < 4.78 is 1.72. The van der Waals surface area contributed by atoms with E-state index in [-0.39, 0.29) is 16.7 Å². The van der Waals surface area contributed by atoms with E-state index in [9.17, 15) is 9.59 Å². The molecular formula is C24H29N3O2S2. The fourth-order valence-electron chi connectivity index (χ4n) is 4.12. The minimum absolute atomic E-state index is 0.0549. The second-order valence-corrected chi connectivity index (χ2v) is 10.9. The average Bonchev–Trinajstić information content (AvgIpc) is 3.04. The highest BCUT2D eigenvalue weighted by molar-refractivity contribution is 8.00. The summed E-state index contributed by atoms with van der Waals surface area (Å²) in [6.45, 7) is 11.7. The maximum Gasteiger partial charge on any atom is 0.267 e. The zero-order valence-electron chi connectivity index (χ0n) is 18.8. The van der Waals surface area contributed by atoms with Crippen LogP contribution in [0.15, 0.2) is 28.2 Å². The summed E-state index contributed by atoms with van der Waals surface area (Å²) in [6, 6.07) is 5.98. The third-order valence-corrected chi connectivity index (χ3v) is 8.43. The summed E-state index contributed by atoms with van der Waals surface area (Å²) in [5.74, 6) is 0.130. The van der Waals surface area contributed by atoms with Crippen LogP contribution in [-0.4, -0.2) is 38.7 Å². The number of benzene rings is 1. The van der Waals surface area contributed by atoms with Crippen molar-refractivity contribution in [3.05, 3.63) is 50.1 Å². The summed E-state index contributed by atoms with van der Waals surface area (Å²) >= 11 is 2.94. The highest BCUT2D eigenvalue weighted by atomic mass is 32.2. The minimum Gasteiger partial charge on any atom is -0.342 e. The predicted molar refractivity (Wildman–Crippen MR) is 130 cm³/mol. The van der Waals surface area contributed by atoms with Crippen molar-refractivity contribution in [2.45, 2.75) is 64.3 Å². The highest BCUT2D eigenvalue weighted by Crippen LogP contribution is 2.32. The van der Waals surface area contributed by atoms with Crippen LogP contribution in [0.5, 0.6) is 0 Å². The SMILES string of the molecule is Cc1cccc(-n2c(SC(C)C(=O)N3CCCCC3)nc3sc(C)c(C)c3c2=O)c1C. The number of nitrogens with zero attached hydrogens (tertiary/aromatic N) is 3. The number of aromatic nitrogens is 2. The van der Waals surface area contributed by atoms with Crippen molar-refractivity contribution in [1.29, 1.82) is 0 Å². The van der Waals surface area contributed by atoms with Gasteiger partial charge in [-0.3, -0.25) is 14.2 Å². The first-order chi connectivity index (χ1) is 14.8. The number of rotatable bonds is 4. The van der Waals surface area contributed by atoms with E-state index in [2.05, 4.69) is 0 Å². The molecule has 1 unspecified atom stereocenters. The van der Waals surface area contributed by atoms with Gasteiger partial charge in [0, 0.05) is 18.0 Å². The third-order valence-electron chi connectivity index (χ3n) is 6.29. The molecule has 3 heterocycles. The topological polar surface area (TPSA) is 55.2 Å². The molecule has 7 heteroatoms. The van der Waals surface area contributed by atoms with E-state index in [0.29, 0.717) is 10.5 Å². The molecule has 1 amide bonds. The highest BCUT2D eigenvalue weighted by Gasteiger charge is 2.26. The number of carbonyl (C=O) groups excluding carboxylic acids is 1. The Balaban J connectivity index is 1.84. The van der Waals surface area contributed by atoms with Crippen LogP contribution in [0, 0.1) is 27.7 Å². The second kappa shape index (κ2) is 8.79. The molecule has 1 fully saturated rings. The number of piperidine rings is 1. The lowest BCUT2D eigenvalue weighted by molar-refractivity contribution is -0.131. The summed E-state index contributed by atoms with van der Waals surface area (Å²) in [4.78, 5) is 35.5. The Hall–Kier alpha value is -2.12. The molecule has 3 aromatic rings. The van der Waals surface area contributed by atoms with Gasteiger partial charge in [-0.1, -0.05) is 23.9 Å². The molecule has 164 valence electrons. The number of carbonyl (C=O) groups is 1. The van der Waals surface area contributed by atoms with Crippen LogP contribution in [0.1, 0.15) is 47.8 Å². The molecule has 0 spiro atoms. The van der Waals surface area contributed by atoms with Gasteiger partial charge in [-0.15, -0.1) is 11.3 Å². The largest absolute Gasteiger partial charge is 0.342 e. The van der Waals surface area contributed by atoms with Gasteiger partial charge in [0.2, 0.25) is 5.91 Å². The van der Waals surface area contributed by atoms with Gasteiger partial charge in [0.1, 0.15) is 4.83 Å². The summed E-state index contributed by atoms with van der Waals surface area (Å²) in [5.41, 5.74) is 3.94. The van der Waals surface area contributed by atoms with Crippen LogP contribution < -0.4 is 5.56 Å². The van der Waals surface area contributed by atoms with Gasteiger partial charge >= 0.3 is 0 Å². The monoisotopic (exact) mass is 455 g/mol. The molecule has 0 radical (unpaired) electrons. The molecule has 1 aromatic carbocycles. The zero-order valence-corrected chi connectivity index (χ0v) is 20.5. The minimum atomic E-state index is -0.305. The fraction of sp³-hybridized carbons (Fsp3) is 0.458. The number of fused-ring (bicyclic) bond motifs is 1. The molecule has 1 aliphatic rings. The molecule has 4 rings (SSSR count). The Morgan fingerprint density at radius 1 is 1.10 bits per heavy atom. The van der Waals surface area contributed by atoms with E-state index >= 15 is 0 Å². The first-order valence-electron chi connectivity index (χ1n) is 10.8. The van der Waals surface area contributed by atoms with Crippen molar-refractivity contribution < 1.29 is 4.79 Å². The summed E-state index contributed by atoms with van der Waals surface area (Å²) in [6.07, 6.45) is 3.31. The average molecular weight is 456 g/mol. The molecule has 1 saturated heterocycles. The predicted octanol–water partition coefficient (Wildman–Crippen LogP) is 5.17. The lowest BCUT2D eigenvalue weighted by Crippen LogP contribution is -2.40. The van der Waals surface area contributed by atoms with Gasteiger partial charge < -0.3 is 4.90 Å². The Morgan fingerprint density at radius 3 is 2.52 bits per heavy atom. The molecule has 2 aromatic heterocycles. The van der Waals surface area contributed by atoms with Crippen molar-refractivity contribution in [3.63, 3.8) is 0 Å². The first kappa shape index (κ1) is 22.1. The quantitative estimate of drug-likeness (QED) is 0.402. The zero-order chi connectivity index (χ0) is 22.3. The Morgan fingerprint density at radius 2 is 1.81 bits per heavy atom. The van der Waals surface area contributed by atoms with E-state index < -0.39 is 0 Å². The van der Waals surface area contributed by atoms with Crippen LogP contribution in [0.2, 0.25) is 0 Å². The summed E-state index contributed by atoms with van der Waals surface area (Å²) in [5, 5.41) is 0.967. The van der Waals surface area contributed by atoms with Crippen LogP contribution in [0.25, 0.3) is 15.9 Å². The van der Waals surface area contributed by atoms with Gasteiger partial charge in [-0.05, 0) is 76.6 Å². The van der Waals surface area contributed by atoms with E-state index in [1.54, 1.807) is 15.9 Å². The number of aryl methyl sites for hydroxylation is 3. The summed E-state index contributed by atoms with van der Waals surface area (Å²) in [7, 11) is 0. The third kappa shape index (κ3) is 4.05. The molecule has 1 atom stereocenters. The molecular weight excluding hydrogens is 426 g/mol. The molecule has 0 bridgehead atoms. The molecule has 5 nitrogen and oxygen atoms in total. The molecule has 1 aliphatic heterocycles. The van der Waals surface area contributed by atoms with Crippen LogP contribution in [0.4, 0.5) is 0 Å². The molecule has 31 heavy (non-hydrogen) atoms. The van der Waals surface area contributed by atoms with E-state index in [1.807, 2.05) is 57.7 Å². The van der Waals surface area contributed by atoms with E-state index in [0.717, 1.165) is 58.0 Å². The van der Waals surface area contributed by atoms with E-state index in [4.69, 9.17) is 4.98 Å². The standard InChI is InChI=1S/C24H29N3O2S2/c1-14-10-9-11-19(15(14)2)27-23(29)20-16(3)17(4)30-21(20)25-24(27)31-18(5)22(28)26-12-7-6-8-13-26/h9-11,18H,6-8,12-13H2,1-5H3. The smallest absolute Gasteiger partial charge is 0.267 e. The molecule has 0 saturated carbocycles. The van der Waals surface area contributed by atoms with Crippen molar-refractivity contribution in [2.24, 2.45) is 0 Å². The number of hydrogen-bond donors (Lipinski definition) is 0. The Kier molecular flexibility index (Phi) is 6.26. The van der Waals surface area contributed by atoms with Crippen molar-refractivity contribution in [3.8, 4) is 5.69 Å². The first-order valence-corrected chi connectivity index (χ1v) is 12.5. The second-order valence-electron chi connectivity index (χ2n) is 8.36. The number of amides is 1. The lowest BCUT2D eigenvalue weighted by atomic mass is 10.1. The Labute approximate surface area is 191 Å². The van der Waals surface area contributed by atoms with Gasteiger partial charge in [-0.2, -0.15) is 0 Å². The van der Waals surface area contributed by atoms with Crippen LogP contribution in [0.3, 0.4) is 0 Å². The molecule has 0 N–H and O–H groups in total. The van der Waals surface area contributed by atoms with E-state index in [1.165, 1.54) is 18.2 Å². The lowest BCUT2D eigenvalue weighted by Gasteiger charge is -2.29. The van der Waals surface area contributed by atoms with Gasteiger partial charge in [0.25, 0.3) is 5.56 Å². The fourth-order valence-corrected chi connectivity index (χ4v) is 6.20. The van der Waals surface area contributed by atoms with Crippen molar-refractivity contribution in [1.82, 2.24) is 14.5 Å². The van der Waals surface area contributed by atoms with Gasteiger partial charge in [0.15, 0.2) is 5.16 Å². The van der Waals surface area contributed by atoms with Crippen molar-refractivity contribution in [2.75, 3.05) is 13.1 Å².